The maximum atomic E-state index is 10.6. The maximum absolute atomic E-state index is 10.6. The molecule has 1 heterocycles. The minimum Gasteiger partial charge on any atom is -0.506 e. The molecule has 6 heteroatoms. The van der Waals surface area contributed by atoms with Gasteiger partial charge in [-0.15, -0.1) is 0 Å². The Hall–Kier alpha value is -1.78. The van der Waals surface area contributed by atoms with Crippen molar-refractivity contribution in [2.75, 3.05) is 0 Å². The average Bonchev–Trinajstić information content (AvgIpc) is 2.34. The summed E-state index contributed by atoms with van der Waals surface area (Å²) in [5.74, 6) is -1.24. The van der Waals surface area contributed by atoms with Gasteiger partial charge in [0.1, 0.15) is 5.75 Å². The van der Waals surface area contributed by atoms with Crippen molar-refractivity contribution in [1.29, 1.82) is 0 Å². The molecule has 4 nitrogen and oxygen atoms in total. The number of halogens is 2. The fourth-order valence-electron chi connectivity index (χ4n) is 1.63. The van der Waals surface area contributed by atoms with Crippen LogP contribution in [0.3, 0.4) is 0 Å². The van der Waals surface area contributed by atoms with E-state index in [1.54, 1.807) is 18.2 Å². The molecule has 0 bridgehead atoms. The van der Waals surface area contributed by atoms with E-state index in [0.717, 1.165) is 0 Å². The quantitative estimate of drug-likeness (QED) is 0.911. The number of aliphatic carboxylic acids is 1. The van der Waals surface area contributed by atoms with Crippen LogP contribution in [0.2, 0.25) is 10.0 Å². The molecule has 1 aromatic heterocycles. The van der Waals surface area contributed by atoms with Crippen molar-refractivity contribution >= 4 is 29.2 Å². The number of nitrogens with zero attached hydrogens (tertiary/aromatic N) is 1. The van der Waals surface area contributed by atoms with Crippen molar-refractivity contribution in [2.45, 2.75) is 6.42 Å². The van der Waals surface area contributed by atoms with Gasteiger partial charge in [-0.05, 0) is 24.3 Å². The molecule has 19 heavy (non-hydrogen) atoms. The first-order valence-electron chi connectivity index (χ1n) is 5.32. The Bertz CT molecular complexity index is 644. The highest BCUT2D eigenvalue weighted by atomic mass is 35.5. The number of pyridine rings is 1. The molecule has 0 spiro atoms. The molecule has 0 amide bonds. The SMILES string of the molecule is O=C(O)Cc1ncc(-c2cc(Cl)ccc2Cl)cc1O. The summed E-state index contributed by atoms with van der Waals surface area (Å²) in [7, 11) is 0. The van der Waals surface area contributed by atoms with Gasteiger partial charge in [-0.1, -0.05) is 23.2 Å². The van der Waals surface area contributed by atoms with Gasteiger partial charge in [0, 0.05) is 27.4 Å². The molecule has 0 atom stereocenters. The lowest BCUT2D eigenvalue weighted by atomic mass is 10.1. The highest BCUT2D eigenvalue weighted by Crippen LogP contribution is 2.32. The van der Waals surface area contributed by atoms with Crippen LogP contribution in [0.4, 0.5) is 0 Å². The van der Waals surface area contributed by atoms with Gasteiger partial charge in [-0.25, -0.2) is 0 Å². The van der Waals surface area contributed by atoms with Crippen LogP contribution in [-0.4, -0.2) is 21.2 Å². The Balaban J connectivity index is 2.44. The highest BCUT2D eigenvalue weighted by molar-refractivity contribution is 6.35. The summed E-state index contributed by atoms with van der Waals surface area (Å²) < 4.78 is 0. The molecule has 2 N–H and O–H groups in total. The summed E-state index contributed by atoms with van der Waals surface area (Å²) in [5, 5.41) is 19.4. The largest absolute Gasteiger partial charge is 0.506 e. The fourth-order valence-corrected chi connectivity index (χ4v) is 2.03. The van der Waals surface area contributed by atoms with E-state index in [9.17, 15) is 9.90 Å². The van der Waals surface area contributed by atoms with Crippen molar-refractivity contribution in [2.24, 2.45) is 0 Å². The monoisotopic (exact) mass is 297 g/mol. The summed E-state index contributed by atoms with van der Waals surface area (Å²) in [6.07, 6.45) is 1.12. The van der Waals surface area contributed by atoms with Crippen molar-refractivity contribution in [3.05, 3.63) is 46.2 Å². The Morgan fingerprint density at radius 2 is 2.00 bits per heavy atom. The standard InChI is InChI=1S/C13H9Cl2NO3/c14-8-1-2-10(15)9(4-8)7-3-12(17)11(16-6-7)5-13(18)19/h1-4,6,17H,5H2,(H,18,19). The fraction of sp³-hybridized carbons (Fsp3) is 0.0769. The number of carboxylic acids is 1. The first-order valence-corrected chi connectivity index (χ1v) is 6.08. The summed E-state index contributed by atoms with van der Waals surface area (Å²) in [6.45, 7) is 0. The number of carboxylic acid groups (broad SMARTS) is 1. The third-order valence-electron chi connectivity index (χ3n) is 2.51. The van der Waals surface area contributed by atoms with Crippen molar-refractivity contribution in [3.8, 4) is 16.9 Å². The first kappa shape index (κ1) is 13.6. The number of aromatic hydroxyl groups is 1. The Labute approximate surface area is 119 Å². The average molecular weight is 298 g/mol. The third kappa shape index (κ3) is 3.16. The zero-order valence-electron chi connectivity index (χ0n) is 9.60. The topological polar surface area (TPSA) is 70.4 Å². The number of benzene rings is 1. The van der Waals surface area contributed by atoms with Gasteiger partial charge in [-0.2, -0.15) is 0 Å². The molecule has 0 aliphatic carbocycles. The molecule has 0 radical (unpaired) electrons. The second-order valence-electron chi connectivity index (χ2n) is 3.88. The van der Waals surface area contributed by atoms with E-state index in [1.807, 2.05) is 0 Å². The summed E-state index contributed by atoms with van der Waals surface area (Å²) in [4.78, 5) is 14.5. The zero-order chi connectivity index (χ0) is 14.0. The van der Waals surface area contributed by atoms with E-state index in [1.165, 1.54) is 12.3 Å². The molecule has 2 aromatic rings. The van der Waals surface area contributed by atoms with E-state index in [-0.39, 0.29) is 17.9 Å². The smallest absolute Gasteiger partial charge is 0.309 e. The lowest BCUT2D eigenvalue weighted by molar-refractivity contribution is -0.136. The van der Waals surface area contributed by atoms with Crippen LogP contribution < -0.4 is 0 Å². The van der Waals surface area contributed by atoms with Gasteiger partial charge >= 0.3 is 5.97 Å². The van der Waals surface area contributed by atoms with Gasteiger partial charge in [-0.3, -0.25) is 9.78 Å². The molecule has 0 saturated heterocycles. The van der Waals surface area contributed by atoms with Crippen molar-refractivity contribution < 1.29 is 15.0 Å². The number of rotatable bonds is 3. The second kappa shape index (κ2) is 5.47. The normalized spacial score (nSPS) is 10.4. The van der Waals surface area contributed by atoms with Crippen LogP contribution in [0.5, 0.6) is 5.75 Å². The Morgan fingerprint density at radius 3 is 2.63 bits per heavy atom. The van der Waals surface area contributed by atoms with Crippen LogP contribution in [-0.2, 0) is 11.2 Å². The molecular weight excluding hydrogens is 289 g/mol. The second-order valence-corrected chi connectivity index (χ2v) is 4.73. The van der Waals surface area contributed by atoms with Crippen LogP contribution >= 0.6 is 23.2 Å². The number of aromatic nitrogens is 1. The Morgan fingerprint density at radius 1 is 1.26 bits per heavy atom. The van der Waals surface area contributed by atoms with Crippen molar-refractivity contribution in [3.63, 3.8) is 0 Å². The molecule has 0 aliphatic rings. The molecular formula is C13H9Cl2NO3. The van der Waals surface area contributed by atoms with Crippen molar-refractivity contribution in [1.82, 2.24) is 4.98 Å². The Kier molecular flexibility index (Phi) is 3.93. The zero-order valence-corrected chi connectivity index (χ0v) is 11.1. The van der Waals surface area contributed by atoms with Gasteiger partial charge < -0.3 is 10.2 Å². The maximum Gasteiger partial charge on any atom is 0.309 e. The first-order chi connectivity index (χ1) is 8.97. The minimum absolute atomic E-state index is 0.106. The molecule has 2 rings (SSSR count). The number of hydrogen-bond donors (Lipinski definition) is 2. The minimum atomic E-state index is -1.06. The van der Waals surface area contributed by atoms with E-state index in [2.05, 4.69) is 4.98 Å². The molecule has 1 aromatic carbocycles. The number of hydrogen-bond acceptors (Lipinski definition) is 3. The van der Waals surface area contributed by atoms with E-state index in [4.69, 9.17) is 28.3 Å². The van der Waals surface area contributed by atoms with Crippen LogP contribution in [0, 0.1) is 0 Å². The molecule has 0 saturated carbocycles. The van der Waals surface area contributed by atoms with Gasteiger partial charge in [0.15, 0.2) is 0 Å². The van der Waals surface area contributed by atoms with Crippen LogP contribution in [0.25, 0.3) is 11.1 Å². The van der Waals surface area contributed by atoms with Crippen LogP contribution in [0.15, 0.2) is 30.5 Å². The van der Waals surface area contributed by atoms with E-state index >= 15 is 0 Å². The lowest BCUT2D eigenvalue weighted by Gasteiger charge is -2.07. The lowest BCUT2D eigenvalue weighted by Crippen LogP contribution is -2.02. The molecule has 0 aliphatic heterocycles. The predicted octanol–water partition coefficient (Wildman–Crippen LogP) is 3.39. The third-order valence-corrected chi connectivity index (χ3v) is 3.07. The van der Waals surface area contributed by atoms with Gasteiger partial charge in [0.2, 0.25) is 0 Å². The molecule has 0 unspecified atom stereocenters. The van der Waals surface area contributed by atoms with E-state index in [0.29, 0.717) is 21.2 Å². The van der Waals surface area contributed by atoms with Gasteiger partial charge in [0.05, 0.1) is 12.1 Å². The summed E-state index contributed by atoms with van der Waals surface area (Å²) in [6, 6.07) is 6.36. The van der Waals surface area contributed by atoms with Gasteiger partial charge in [0.25, 0.3) is 0 Å². The predicted molar refractivity (Wildman–Crippen MR) is 72.7 cm³/mol. The number of carbonyl (C=O) groups is 1. The summed E-state index contributed by atoms with van der Waals surface area (Å²) in [5.41, 5.74) is 1.30. The molecule has 0 fully saturated rings. The van der Waals surface area contributed by atoms with Crippen LogP contribution in [0.1, 0.15) is 5.69 Å². The summed E-state index contributed by atoms with van der Waals surface area (Å²) >= 11 is 11.9. The highest BCUT2D eigenvalue weighted by Gasteiger charge is 2.11. The molecule has 98 valence electrons. The van der Waals surface area contributed by atoms with E-state index < -0.39 is 5.97 Å².